The number of guanidine groups is 1. The Hall–Kier alpha value is -1.43. The van der Waals surface area contributed by atoms with Crippen LogP contribution in [0, 0.1) is 0 Å². The molecule has 0 saturated carbocycles. The quantitative estimate of drug-likeness (QED) is 0.460. The Bertz CT molecular complexity index is 384. The van der Waals surface area contributed by atoms with E-state index in [1.807, 2.05) is 12.1 Å². The summed E-state index contributed by atoms with van der Waals surface area (Å²) in [6, 6.07) is 3.85. The van der Waals surface area contributed by atoms with E-state index in [-0.39, 0.29) is 0 Å². The molecular weight excluding hydrogens is 248 g/mol. The molecule has 0 aliphatic rings. The van der Waals surface area contributed by atoms with Crippen molar-refractivity contribution in [2.24, 2.45) is 4.99 Å². The molecule has 0 bridgehead atoms. The van der Waals surface area contributed by atoms with Crippen molar-refractivity contribution in [3.05, 3.63) is 23.9 Å². The van der Waals surface area contributed by atoms with Gasteiger partial charge in [0.05, 0.1) is 7.11 Å². The standard InChI is InChI=1S/C12H20N4OS/c1-13-12(15-6-7-18-3)16-9-10-4-5-14-11(8-10)17-2/h4-5,8H,6-7,9H2,1-3H3,(H2,13,15,16). The van der Waals surface area contributed by atoms with Crippen molar-refractivity contribution in [1.29, 1.82) is 0 Å². The maximum Gasteiger partial charge on any atom is 0.213 e. The molecule has 18 heavy (non-hydrogen) atoms. The Morgan fingerprint density at radius 2 is 2.33 bits per heavy atom. The molecule has 2 N–H and O–H groups in total. The molecule has 1 aromatic rings. The zero-order valence-corrected chi connectivity index (χ0v) is 11.9. The average Bonchev–Trinajstić information content (AvgIpc) is 2.43. The molecule has 100 valence electrons. The van der Waals surface area contributed by atoms with Gasteiger partial charge in [-0.15, -0.1) is 0 Å². The number of hydrogen-bond donors (Lipinski definition) is 2. The van der Waals surface area contributed by atoms with Crippen molar-refractivity contribution in [3.63, 3.8) is 0 Å². The Labute approximate surface area is 112 Å². The lowest BCUT2D eigenvalue weighted by atomic mass is 10.2. The first-order valence-electron chi connectivity index (χ1n) is 5.72. The molecule has 5 nitrogen and oxygen atoms in total. The van der Waals surface area contributed by atoms with Gasteiger partial charge in [-0.25, -0.2) is 4.98 Å². The summed E-state index contributed by atoms with van der Waals surface area (Å²) in [4.78, 5) is 8.22. The first-order valence-corrected chi connectivity index (χ1v) is 7.12. The normalized spacial score (nSPS) is 11.2. The third kappa shape index (κ3) is 5.27. The molecule has 1 aromatic heterocycles. The van der Waals surface area contributed by atoms with Crippen LogP contribution in [0.5, 0.6) is 5.88 Å². The summed E-state index contributed by atoms with van der Waals surface area (Å²) >= 11 is 1.80. The maximum atomic E-state index is 5.08. The first-order chi connectivity index (χ1) is 8.80. The van der Waals surface area contributed by atoms with E-state index >= 15 is 0 Å². The van der Waals surface area contributed by atoms with Crippen molar-refractivity contribution in [1.82, 2.24) is 15.6 Å². The molecule has 0 amide bonds. The van der Waals surface area contributed by atoms with Gasteiger partial charge in [0.2, 0.25) is 5.88 Å². The van der Waals surface area contributed by atoms with Gasteiger partial charge in [0.1, 0.15) is 0 Å². The molecule has 0 saturated heterocycles. The summed E-state index contributed by atoms with van der Waals surface area (Å²) in [6.45, 7) is 1.60. The van der Waals surface area contributed by atoms with Gasteiger partial charge in [0.15, 0.2) is 5.96 Å². The Balaban J connectivity index is 2.42. The molecule has 0 unspecified atom stereocenters. The van der Waals surface area contributed by atoms with Crippen molar-refractivity contribution in [2.45, 2.75) is 6.54 Å². The second-order valence-corrected chi connectivity index (χ2v) is 4.54. The molecule has 0 aliphatic heterocycles. The highest BCUT2D eigenvalue weighted by Crippen LogP contribution is 2.07. The number of aromatic nitrogens is 1. The van der Waals surface area contributed by atoms with E-state index < -0.39 is 0 Å². The molecule has 1 rings (SSSR count). The molecule has 0 radical (unpaired) electrons. The zero-order valence-electron chi connectivity index (χ0n) is 11.1. The van der Waals surface area contributed by atoms with Crippen LogP contribution in [-0.2, 0) is 6.54 Å². The van der Waals surface area contributed by atoms with E-state index in [1.165, 1.54) is 0 Å². The van der Waals surface area contributed by atoms with Gasteiger partial charge in [0.25, 0.3) is 0 Å². The Morgan fingerprint density at radius 1 is 1.50 bits per heavy atom. The molecule has 0 fully saturated rings. The van der Waals surface area contributed by atoms with Crippen molar-refractivity contribution in [3.8, 4) is 5.88 Å². The van der Waals surface area contributed by atoms with Crippen LogP contribution in [0.2, 0.25) is 0 Å². The monoisotopic (exact) mass is 268 g/mol. The minimum absolute atomic E-state index is 0.625. The fourth-order valence-electron chi connectivity index (χ4n) is 1.35. The smallest absolute Gasteiger partial charge is 0.213 e. The second-order valence-electron chi connectivity index (χ2n) is 3.55. The highest BCUT2D eigenvalue weighted by molar-refractivity contribution is 7.98. The third-order valence-corrected chi connectivity index (χ3v) is 2.90. The van der Waals surface area contributed by atoms with E-state index in [9.17, 15) is 0 Å². The molecule has 0 aromatic carbocycles. The van der Waals surface area contributed by atoms with Crippen LogP contribution in [0.3, 0.4) is 0 Å². The number of aliphatic imine (C=N–C) groups is 1. The van der Waals surface area contributed by atoms with Gasteiger partial charge in [-0.3, -0.25) is 4.99 Å². The summed E-state index contributed by atoms with van der Waals surface area (Å²) in [5.74, 6) is 2.49. The van der Waals surface area contributed by atoms with Gasteiger partial charge < -0.3 is 15.4 Å². The van der Waals surface area contributed by atoms with E-state index in [4.69, 9.17) is 4.74 Å². The van der Waals surface area contributed by atoms with Gasteiger partial charge in [-0.2, -0.15) is 11.8 Å². The van der Waals surface area contributed by atoms with Gasteiger partial charge >= 0.3 is 0 Å². The fourth-order valence-corrected chi connectivity index (χ4v) is 1.66. The lowest BCUT2D eigenvalue weighted by Gasteiger charge is -2.11. The minimum atomic E-state index is 0.625. The van der Waals surface area contributed by atoms with Crippen molar-refractivity contribution in [2.75, 3.05) is 32.7 Å². The number of ether oxygens (including phenoxy) is 1. The topological polar surface area (TPSA) is 58.5 Å². The number of thioether (sulfide) groups is 1. The van der Waals surface area contributed by atoms with Crippen LogP contribution in [0.4, 0.5) is 0 Å². The van der Waals surface area contributed by atoms with E-state index in [1.54, 1.807) is 32.1 Å². The summed E-state index contributed by atoms with van der Waals surface area (Å²) in [5, 5.41) is 6.48. The molecule has 0 spiro atoms. The Morgan fingerprint density at radius 3 is 3.00 bits per heavy atom. The molecule has 0 atom stereocenters. The number of pyridine rings is 1. The lowest BCUT2D eigenvalue weighted by Crippen LogP contribution is -2.37. The van der Waals surface area contributed by atoms with E-state index in [2.05, 4.69) is 26.9 Å². The number of rotatable bonds is 6. The number of nitrogens with zero attached hydrogens (tertiary/aromatic N) is 2. The summed E-state index contributed by atoms with van der Waals surface area (Å²) in [6.07, 6.45) is 3.82. The molecular formula is C12H20N4OS. The zero-order chi connectivity index (χ0) is 13.2. The lowest BCUT2D eigenvalue weighted by molar-refractivity contribution is 0.397. The highest BCUT2D eigenvalue weighted by atomic mass is 32.2. The highest BCUT2D eigenvalue weighted by Gasteiger charge is 1.99. The van der Waals surface area contributed by atoms with Crippen molar-refractivity contribution >= 4 is 17.7 Å². The van der Waals surface area contributed by atoms with E-state index in [0.717, 1.165) is 23.8 Å². The predicted octanol–water partition coefficient (Wildman–Crippen LogP) is 1.12. The molecule has 1 heterocycles. The fraction of sp³-hybridized carbons (Fsp3) is 0.500. The van der Waals surface area contributed by atoms with Gasteiger partial charge in [0, 0.05) is 38.2 Å². The van der Waals surface area contributed by atoms with Crippen LogP contribution < -0.4 is 15.4 Å². The third-order valence-electron chi connectivity index (χ3n) is 2.29. The van der Waals surface area contributed by atoms with Crippen LogP contribution in [0.1, 0.15) is 5.56 Å². The summed E-state index contributed by atoms with van der Waals surface area (Å²) in [7, 11) is 3.38. The van der Waals surface area contributed by atoms with Gasteiger partial charge in [-0.05, 0) is 17.9 Å². The Kier molecular flexibility index (Phi) is 7.01. The predicted molar refractivity (Wildman–Crippen MR) is 77.4 cm³/mol. The summed E-state index contributed by atoms with van der Waals surface area (Å²) in [5.41, 5.74) is 1.11. The number of nitrogens with one attached hydrogen (secondary N) is 2. The number of methoxy groups -OCH3 is 1. The van der Waals surface area contributed by atoms with Crippen LogP contribution in [0.15, 0.2) is 23.3 Å². The number of hydrogen-bond acceptors (Lipinski definition) is 4. The van der Waals surface area contributed by atoms with Crippen molar-refractivity contribution < 1.29 is 4.74 Å². The van der Waals surface area contributed by atoms with Crippen LogP contribution in [-0.4, -0.2) is 43.7 Å². The molecule has 0 aliphatic carbocycles. The van der Waals surface area contributed by atoms with Crippen LogP contribution >= 0.6 is 11.8 Å². The molecule has 6 heteroatoms. The SMILES string of the molecule is CN=C(NCCSC)NCc1ccnc(OC)c1. The van der Waals surface area contributed by atoms with Crippen LogP contribution in [0.25, 0.3) is 0 Å². The van der Waals surface area contributed by atoms with Gasteiger partial charge in [-0.1, -0.05) is 0 Å². The summed E-state index contributed by atoms with van der Waals surface area (Å²) < 4.78 is 5.08. The average molecular weight is 268 g/mol. The maximum absolute atomic E-state index is 5.08. The van der Waals surface area contributed by atoms with E-state index in [0.29, 0.717) is 12.4 Å². The largest absolute Gasteiger partial charge is 0.481 e. The minimum Gasteiger partial charge on any atom is -0.481 e. The first kappa shape index (κ1) is 14.6. The second kappa shape index (κ2) is 8.63.